The summed E-state index contributed by atoms with van der Waals surface area (Å²) in [5.41, 5.74) is 1.06. The second-order valence-corrected chi connectivity index (χ2v) is 10.6. The van der Waals surface area contributed by atoms with Crippen molar-refractivity contribution in [1.29, 1.82) is 0 Å². The van der Waals surface area contributed by atoms with Gasteiger partial charge >= 0.3 is 0 Å². The fraction of sp³-hybridized carbons (Fsp3) is 0.750. The lowest BCUT2D eigenvalue weighted by Crippen LogP contribution is -2.36. The molecule has 8 heteroatoms. The number of nitrogens with one attached hydrogen (secondary N) is 1. The maximum Gasteiger partial charge on any atom is 0.221 e. The first-order chi connectivity index (χ1) is 11.1. The van der Waals surface area contributed by atoms with Crippen molar-refractivity contribution in [3.05, 3.63) is 16.1 Å². The van der Waals surface area contributed by atoms with Gasteiger partial charge in [-0.2, -0.15) is 0 Å². The van der Waals surface area contributed by atoms with Crippen LogP contribution < -0.4 is 5.32 Å². The van der Waals surface area contributed by atoms with E-state index in [2.05, 4.69) is 31.1 Å². The molecule has 136 valence electrons. The third-order valence-corrected chi connectivity index (χ3v) is 6.88. The molecule has 6 nitrogen and oxygen atoms in total. The highest BCUT2D eigenvalue weighted by Gasteiger charge is 2.30. The Morgan fingerprint density at radius 2 is 2.17 bits per heavy atom. The number of hydrogen-bond donors (Lipinski definition) is 1. The molecule has 1 saturated heterocycles. The van der Waals surface area contributed by atoms with Crippen LogP contribution in [0.4, 0.5) is 0 Å². The monoisotopic (exact) mass is 373 g/mol. The molecule has 0 aromatic carbocycles. The first-order valence-corrected chi connectivity index (χ1v) is 10.9. The second-order valence-electron chi connectivity index (χ2n) is 7.44. The zero-order chi connectivity index (χ0) is 18.0. The smallest absolute Gasteiger partial charge is 0.221 e. The lowest BCUT2D eigenvalue weighted by molar-refractivity contribution is -0.121. The molecule has 1 amide bonds. The largest absolute Gasteiger partial charge is 0.350 e. The third kappa shape index (κ3) is 5.53. The Kier molecular flexibility index (Phi) is 6.04. The number of aromatic nitrogens is 1. The number of carbonyl (C=O) groups is 1. The van der Waals surface area contributed by atoms with Gasteiger partial charge in [-0.1, -0.05) is 20.8 Å². The van der Waals surface area contributed by atoms with Crippen LogP contribution in [0.5, 0.6) is 0 Å². The van der Waals surface area contributed by atoms with Gasteiger partial charge in [-0.25, -0.2) is 13.4 Å². The van der Waals surface area contributed by atoms with Crippen molar-refractivity contribution in [3.63, 3.8) is 0 Å². The first-order valence-electron chi connectivity index (χ1n) is 8.19. The van der Waals surface area contributed by atoms with Gasteiger partial charge in [0.2, 0.25) is 5.91 Å². The van der Waals surface area contributed by atoms with Crippen molar-refractivity contribution in [1.82, 2.24) is 15.2 Å². The van der Waals surface area contributed by atoms with Crippen molar-refractivity contribution in [2.24, 2.45) is 0 Å². The first kappa shape index (κ1) is 19.3. The third-order valence-electron chi connectivity index (χ3n) is 4.28. The van der Waals surface area contributed by atoms with Gasteiger partial charge in [0, 0.05) is 29.8 Å². The van der Waals surface area contributed by atoms with Gasteiger partial charge < -0.3 is 10.2 Å². The fourth-order valence-electron chi connectivity index (χ4n) is 2.58. The van der Waals surface area contributed by atoms with Crippen LogP contribution in [-0.4, -0.2) is 55.3 Å². The molecule has 1 aliphatic heterocycles. The average molecular weight is 374 g/mol. The number of carbonyl (C=O) groups excluding carboxylic acids is 1. The van der Waals surface area contributed by atoms with E-state index in [1.54, 1.807) is 11.3 Å². The molecular weight excluding hydrogens is 346 g/mol. The van der Waals surface area contributed by atoms with Crippen LogP contribution in [0, 0.1) is 0 Å². The van der Waals surface area contributed by atoms with E-state index in [1.807, 2.05) is 17.3 Å². The lowest BCUT2D eigenvalue weighted by atomic mass is 9.93. The van der Waals surface area contributed by atoms with Gasteiger partial charge in [0.05, 0.1) is 23.7 Å². The maximum absolute atomic E-state index is 12.0. The Morgan fingerprint density at radius 3 is 2.71 bits per heavy atom. The van der Waals surface area contributed by atoms with Gasteiger partial charge in [-0.05, 0) is 13.5 Å². The highest BCUT2D eigenvalue weighted by Crippen LogP contribution is 2.23. The standard InChI is InChI=1S/C16H27N3O3S2/c1-16(2,3)13-10-23-15(18-13)9-17-14(20)5-7-19(4)12-6-8-24(21,22)11-12/h10,12H,5-9,11H2,1-4H3,(H,17,20). The fourth-order valence-corrected chi connectivity index (χ4v) is 5.35. The average Bonchev–Trinajstić information content (AvgIpc) is 3.08. The number of hydrogen-bond acceptors (Lipinski definition) is 6. The molecule has 1 atom stereocenters. The van der Waals surface area contributed by atoms with Crippen LogP contribution >= 0.6 is 11.3 Å². The maximum atomic E-state index is 12.0. The van der Waals surface area contributed by atoms with E-state index in [4.69, 9.17) is 0 Å². The number of nitrogens with zero attached hydrogens (tertiary/aromatic N) is 2. The summed E-state index contributed by atoms with van der Waals surface area (Å²) in [6.07, 6.45) is 1.03. The molecule has 0 spiro atoms. The predicted octanol–water partition coefficient (Wildman–Crippen LogP) is 1.57. The van der Waals surface area contributed by atoms with Crippen LogP contribution in [0.1, 0.15) is 44.3 Å². The van der Waals surface area contributed by atoms with Crippen LogP contribution in [0.25, 0.3) is 0 Å². The molecule has 0 radical (unpaired) electrons. The summed E-state index contributed by atoms with van der Waals surface area (Å²) in [7, 11) is -1.00. The van der Waals surface area contributed by atoms with E-state index < -0.39 is 9.84 Å². The molecule has 1 unspecified atom stereocenters. The summed E-state index contributed by atoms with van der Waals surface area (Å²) in [6, 6.07) is 0.0381. The Balaban J connectivity index is 1.73. The van der Waals surface area contributed by atoms with E-state index in [0.717, 1.165) is 10.7 Å². The Hall–Kier alpha value is -0.990. The molecule has 0 saturated carbocycles. The molecule has 2 rings (SSSR count). The number of amides is 1. The summed E-state index contributed by atoms with van der Waals surface area (Å²) in [4.78, 5) is 18.5. The molecule has 0 bridgehead atoms. The zero-order valence-corrected chi connectivity index (χ0v) is 16.5. The summed E-state index contributed by atoms with van der Waals surface area (Å²) >= 11 is 1.56. The number of thiazole rings is 1. The van der Waals surface area contributed by atoms with Gasteiger partial charge in [-0.15, -0.1) is 11.3 Å². The van der Waals surface area contributed by atoms with Crippen molar-refractivity contribution < 1.29 is 13.2 Å². The molecule has 1 aromatic heterocycles. The second kappa shape index (κ2) is 7.49. The minimum Gasteiger partial charge on any atom is -0.350 e. The molecule has 0 aliphatic carbocycles. The van der Waals surface area contributed by atoms with E-state index in [-0.39, 0.29) is 28.9 Å². The minimum atomic E-state index is -2.88. The van der Waals surface area contributed by atoms with E-state index in [0.29, 0.717) is 25.9 Å². The number of rotatable bonds is 6. The molecular formula is C16H27N3O3S2. The highest BCUT2D eigenvalue weighted by molar-refractivity contribution is 7.91. The van der Waals surface area contributed by atoms with E-state index >= 15 is 0 Å². The lowest BCUT2D eigenvalue weighted by Gasteiger charge is -2.22. The van der Waals surface area contributed by atoms with Gasteiger partial charge in [0.25, 0.3) is 0 Å². The highest BCUT2D eigenvalue weighted by atomic mass is 32.2. The van der Waals surface area contributed by atoms with Gasteiger partial charge in [-0.3, -0.25) is 4.79 Å². The molecule has 1 aliphatic rings. The summed E-state index contributed by atoms with van der Waals surface area (Å²) in [5.74, 6) is 0.434. The molecule has 1 aromatic rings. The topological polar surface area (TPSA) is 79.4 Å². The SMILES string of the molecule is CN(CCC(=O)NCc1nc(C(C)(C)C)cs1)C1CCS(=O)(=O)C1. The summed E-state index contributed by atoms with van der Waals surface area (Å²) in [6.45, 7) is 7.36. The van der Waals surface area contributed by atoms with Crippen molar-refractivity contribution >= 4 is 27.1 Å². The van der Waals surface area contributed by atoms with Crippen molar-refractivity contribution in [3.8, 4) is 0 Å². The van der Waals surface area contributed by atoms with Crippen molar-refractivity contribution in [2.45, 2.75) is 51.6 Å². The minimum absolute atomic E-state index is 0.0170. The molecule has 2 heterocycles. The molecule has 1 N–H and O–H groups in total. The Labute approximate surface area is 148 Å². The zero-order valence-electron chi connectivity index (χ0n) is 14.8. The van der Waals surface area contributed by atoms with Crippen molar-refractivity contribution in [2.75, 3.05) is 25.1 Å². The molecule has 24 heavy (non-hydrogen) atoms. The molecule has 1 fully saturated rings. The van der Waals surface area contributed by atoms with Gasteiger partial charge in [0.1, 0.15) is 5.01 Å². The van der Waals surface area contributed by atoms with E-state index in [1.165, 1.54) is 0 Å². The van der Waals surface area contributed by atoms with Gasteiger partial charge in [0.15, 0.2) is 9.84 Å². The quantitative estimate of drug-likeness (QED) is 0.819. The Bertz CT molecular complexity index is 677. The van der Waals surface area contributed by atoms with Crippen LogP contribution in [0.2, 0.25) is 0 Å². The van der Waals surface area contributed by atoms with Crippen LogP contribution in [-0.2, 0) is 26.6 Å². The predicted molar refractivity (Wildman–Crippen MR) is 97.0 cm³/mol. The number of sulfone groups is 1. The normalized spacial score (nSPS) is 20.5. The Morgan fingerprint density at radius 1 is 1.46 bits per heavy atom. The summed E-state index contributed by atoms with van der Waals surface area (Å²) < 4.78 is 23.0. The van der Waals surface area contributed by atoms with Crippen LogP contribution in [0.15, 0.2) is 5.38 Å². The summed E-state index contributed by atoms with van der Waals surface area (Å²) in [5, 5.41) is 5.83. The van der Waals surface area contributed by atoms with Crippen LogP contribution in [0.3, 0.4) is 0 Å². The van der Waals surface area contributed by atoms with E-state index in [9.17, 15) is 13.2 Å².